The minimum atomic E-state index is -0.627. The molecule has 0 saturated carbocycles. The molecule has 0 aliphatic carbocycles. The Kier molecular flexibility index (Phi) is 6.31. The maximum Gasteiger partial charge on any atom is 0.247 e. The third-order valence-electron chi connectivity index (χ3n) is 4.98. The molecule has 6 nitrogen and oxygen atoms in total. The summed E-state index contributed by atoms with van der Waals surface area (Å²) in [5.41, 5.74) is 3.01. The molecule has 1 aliphatic heterocycles. The zero-order valence-corrected chi connectivity index (χ0v) is 16.5. The third kappa shape index (κ3) is 4.70. The molecule has 0 fully saturated rings. The van der Waals surface area contributed by atoms with Crippen molar-refractivity contribution in [2.75, 3.05) is 12.4 Å². The lowest BCUT2D eigenvalue weighted by Crippen LogP contribution is -2.54. The van der Waals surface area contributed by atoms with Crippen molar-refractivity contribution in [2.45, 2.75) is 38.9 Å². The van der Waals surface area contributed by atoms with Gasteiger partial charge in [-0.3, -0.25) is 9.59 Å². The molecule has 3 N–H and O–H groups in total. The molecule has 2 atom stereocenters. The highest BCUT2D eigenvalue weighted by Crippen LogP contribution is 2.19. The summed E-state index contributed by atoms with van der Waals surface area (Å²) in [5, 5.41) is 9.05. The topological polar surface area (TPSA) is 79.5 Å². The number of nitrogens with one attached hydrogen (secondary N) is 3. The minimum Gasteiger partial charge on any atom is -0.497 e. The maximum absolute atomic E-state index is 12.8. The molecule has 0 spiro atoms. The van der Waals surface area contributed by atoms with Crippen molar-refractivity contribution in [3.8, 4) is 5.75 Å². The van der Waals surface area contributed by atoms with Crippen molar-refractivity contribution in [2.24, 2.45) is 5.92 Å². The maximum atomic E-state index is 12.8. The molecule has 0 bridgehead atoms. The fraction of sp³-hybridized carbons (Fsp3) is 0.364. The molecule has 1 aliphatic rings. The van der Waals surface area contributed by atoms with E-state index in [9.17, 15) is 9.59 Å². The lowest BCUT2D eigenvalue weighted by Gasteiger charge is -2.28. The first kappa shape index (κ1) is 19.9. The molecule has 28 heavy (non-hydrogen) atoms. The van der Waals surface area contributed by atoms with Gasteiger partial charge < -0.3 is 20.7 Å². The molecule has 148 valence electrons. The Morgan fingerprint density at radius 1 is 1.11 bits per heavy atom. The summed E-state index contributed by atoms with van der Waals surface area (Å²) < 4.78 is 5.19. The summed E-state index contributed by atoms with van der Waals surface area (Å²) in [7, 11) is 1.58. The molecule has 2 amide bonds. The summed E-state index contributed by atoms with van der Waals surface area (Å²) in [6, 6.07) is 14.3. The molecule has 2 aromatic carbocycles. The van der Waals surface area contributed by atoms with E-state index in [0.717, 1.165) is 0 Å². The quantitative estimate of drug-likeness (QED) is 0.718. The normalized spacial score (nSPS) is 16.8. The first-order valence-electron chi connectivity index (χ1n) is 9.53. The molecule has 0 aromatic heterocycles. The summed E-state index contributed by atoms with van der Waals surface area (Å²) in [4.78, 5) is 25.6. The van der Waals surface area contributed by atoms with Gasteiger partial charge in [-0.05, 0) is 35.6 Å². The van der Waals surface area contributed by atoms with Crippen LogP contribution >= 0.6 is 0 Å². The van der Waals surface area contributed by atoms with E-state index in [-0.39, 0.29) is 23.8 Å². The standard InChI is InChI=1S/C22H27N3O3/c1-14(2)20(22(27)24-17-9-6-10-18(12-17)28-3)25-21(26)19-11-15-7-4-5-8-16(15)13-23-19/h4-10,12,14,19-20,23H,11,13H2,1-3H3,(H,24,27)(H,25,26). The van der Waals surface area contributed by atoms with Gasteiger partial charge in [0, 0.05) is 18.3 Å². The number of ether oxygens (including phenoxy) is 1. The monoisotopic (exact) mass is 381 g/mol. The van der Waals surface area contributed by atoms with Gasteiger partial charge in [-0.25, -0.2) is 0 Å². The van der Waals surface area contributed by atoms with Crippen molar-refractivity contribution in [1.82, 2.24) is 10.6 Å². The fourth-order valence-electron chi connectivity index (χ4n) is 3.35. The SMILES string of the molecule is COc1cccc(NC(=O)C(NC(=O)C2Cc3ccccc3CN2)C(C)C)c1. The van der Waals surface area contributed by atoms with E-state index in [1.165, 1.54) is 11.1 Å². The summed E-state index contributed by atoms with van der Waals surface area (Å²) >= 11 is 0. The molecule has 0 saturated heterocycles. The van der Waals surface area contributed by atoms with Crippen LogP contribution in [0.25, 0.3) is 0 Å². The average Bonchev–Trinajstić information content (AvgIpc) is 2.71. The zero-order valence-electron chi connectivity index (χ0n) is 16.5. The van der Waals surface area contributed by atoms with E-state index in [1.807, 2.05) is 38.1 Å². The molecule has 6 heteroatoms. The molecule has 1 heterocycles. The number of carbonyl (C=O) groups is 2. The van der Waals surface area contributed by atoms with E-state index in [4.69, 9.17) is 4.74 Å². The Hall–Kier alpha value is -2.86. The van der Waals surface area contributed by atoms with E-state index in [0.29, 0.717) is 24.4 Å². The van der Waals surface area contributed by atoms with Crippen LogP contribution in [-0.2, 0) is 22.6 Å². The molecule has 2 unspecified atom stereocenters. The highest BCUT2D eigenvalue weighted by Gasteiger charge is 2.29. The van der Waals surface area contributed by atoms with Gasteiger partial charge >= 0.3 is 0 Å². The fourth-order valence-corrected chi connectivity index (χ4v) is 3.35. The Morgan fingerprint density at radius 3 is 2.57 bits per heavy atom. The van der Waals surface area contributed by atoms with Crippen LogP contribution in [0, 0.1) is 5.92 Å². The van der Waals surface area contributed by atoms with Gasteiger partial charge in [0.1, 0.15) is 11.8 Å². The number of methoxy groups -OCH3 is 1. The van der Waals surface area contributed by atoms with Gasteiger partial charge in [0.05, 0.1) is 13.2 Å². The van der Waals surface area contributed by atoms with E-state index >= 15 is 0 Å². The lowest BCUT2D eigenvalue weighted by molar-refractivity contribution is -0.128. The van der Waals surface area contributed by atoms with E-state index in [1.54, 1.807) is 25.3 Å². The highest BCUT2D eigenvalue weighted by atomic mass is 16.5. The van der Waals surface area contributed by atoms with Crippen LogP contribution in [0.15, 0.2) is 48.5 Å². The van der Waals surface area contributed by atoms with E-state index in [2.05, 4.69) is 22.0 Å². The predicted molar refractivity (Wildman–Crippen MR) is 109 cm³/mol. The third-order valence-corrected chi connectivity index (χ3v) is 4.98. The number of amides is 2. The molecular formula is C22H27N3O3. The van der Waals surface area contributed by atoms with Crippen molar-refractivity contribution in [3.63, 3.8) is 0 Å². The van der Waals surface area contributed by atoms with Crippen LogP contribution in [-0.4, -0.2) is 31.0 Å². The van der Waals surface area contributed by atoms with E-state index < -0.39 is 6.04 Å². The van der Waals surface area contributed by atoms with Gasteiger partial charge in [-0.1, -0.05) is 44.2 Å². The highest BCUT2D eigenvalue weighted by molar-refractivity contribution is 5.98. The van der Waals surface area contributed by atoms with Gasteiger partial charge in [0.2, 0.25) is 11.8 Å². The molecule has 0 radical (unpaired) electrons. The van der Waals surface area contributed by atoms with Crippen LogP contribution in [0.3, 0.4) is 0 Å². The number of benzene rings is 2. The van der Waals surface area contributed by atoms with Crippen LogP contribution < -0.4 is 20.7 Å². The second-order valence-electron chi connectivity index (χ2n) is 7.36. The molecular weight excluding hydrogens is 354 g/mol. The number of hydrogen-bond donors (Lipinski definition) is 3. The van der Waals surface area contributed by atoms with Gasteiger partial charge in [-0.2, -0.15) is 0 Å². The van der Waals surface area contributed by atoms with Crippen LogP contribution in [0.2, 0.25) is 0 Å². The van der Waals surface area contributed by atoms with Crippen molar-refractivity contribution >= 4 is 17.5 Å². The van der Waals surface area contributed by atoms with Crippen molar-refractivity contribution in [1.29, 1.82) is 0 Å². The molecule has 2 aromatic rings. The van der Waals surface area contributed by atoms with Crippen LogP contribution in [0.1, 0.15) is 25.0 Å². The predicted octanol–water partition coefficient (Wildman–Crippen LogP) is 2.49. The Morgan fingerprint density at radius 2 is 1.86 bits per heavy atom. The van der Waals surface area contributed by atoms with Gasteiger partial charge in [0.25, 0.3) is 0 Å². The largest absolute Gasteiger partial charge is 0.497 e. The Labute approximate surface area is 165 Å². The number of anilines is 1. The van der Waals surface area contributed by atoms with Crippen LogP contribution in [0.4, 0.5) is 5.69 Å². The van der Waals surface area contributed by atoms with Crippen molar-refractivity contribution in [3.05, 3.63) is 59.7 Å². The van der Waals surface area contributed by atoms with Crippen molar-refractivity contribution < 1.29 is 14.3 Å². The Balaban J connectivity index is 1.65. The smallest absolute Gasteiger partial charge is 0.247 e. The van der Waals surface area contributed by atoms with Crippen LogP contribution in [0.5, 0.6) is 5.75 Å². The van der Waals surface area contributed by atoms with Gasteiger partial charge in [-0.15, -0.1) is 0 Å². The number of fused-ring (bicyclic) bond motifs is 1. The average molecular weight is 381 g/mol. The zero-order chi connectivity index (χ0) is 20.1. The second kappa shape index (κ2) is 8.89. The first-order chi connectivity index (χ1) is 13.5. The Bertz CT molecular complexity index is 850. The lowest BCUT2D eigenvalue weighted by atomic mass is 9.94. The number of hydrogen-bond acceptors (Lipinski definition) is 4. The first-order valence-corrected chi connectivity index (χ1v) is 9.53. The summed E-state index contributed by atoms with van der Waals surface area (Å²) in [6.45, 7) is 4.48. The number of rotatable bonds is 6. The molecule has 3 rings (SSSR count). The minimum absolute atomic E-state index is 0.0505. The van der Waals surface area contributed by atoms with Gasteiger partial charge in [0.15, 0.2) is 0 Å². The number of carbonyl (C=O) groups excluding carboxylic acids is 2. The summed E-state index contributed by atoms with van der Waals surface area (Å²) in [5.74, 6) is 0.209. The second-order valence-corrected chi connectivity index (χ2v) is 7.36. The summed E-state index contributed by atoms with van der Waals surface area (Å²) in [6.07, 6.45) is 0.615.